The number of nitrogens with one attached hydrogen (secondary N) is 1. The fourth-order valence-electron chi connectivity index (χ4n) is 4.36. The predicted octanol–water partition coefficient (Wildman–Crippen LogP) is 3.54. The van der Waals surface area contributed by atoms with Gasteiger partial charge in [-0.15, -0.1) is 12.4 Å². The molecule has 2 aromatic rings. The molecule has 1 saturated heterocycles. The molecule has 2 aliphatic heterocycles. The molecule has 1 N–H and O–H groups in total. The number of benzene rings is 2. The maximum Gasteiger partial charge on any atom is 0.264 e. The molecule has 2 unspecified atom stereocenters. The molecule has 11 heteroatoms. The summed E-state index contributed by atoms with van der Waals surface area (Å²) >= 11 is 6.23. The molecule has 36 heavy (non-hydrogen) atoms. The quantitative estimate of drug-likeness (QED) is 0.515. The summed E-state index contributed by atoms with van der Waals surface area (Å²) in [6, 6.07) is 8.96. The molecule has 2 amide bonds. The third kappa shape index (κ3) is 6.59. The highest BCUT2D eigenvalue weighted by atomic mass is 35.5. The van der Waals surface area contributed by atoms with Gasteiger partial charge in [0, 0.05) is 38.8 Å². The van der Waals surface area contributed by atoms with E-state index in [1.165, 1.54) is 17.0 Å². The lowest BCUT2D eigenvalue weighted by atomic mass is 10.0. The molecule has 2 atom stereocenters. The van der Waals surface area contributed by atoms with Crippen molar-refractivity contribution in [1.82, 2.24) is 10.2 Å². The predicted molar refractivity (Wildman–Crippen MR) is 137 cm³/mol. The number of carbonyl (C=O) groups is 2. The van der Waals surface area contributed by atoms with E-state index in [0.29, 0.717) is 47.3 Å². The van der Waals surface area contributed by atoms with E-state index in [-0.39, 0.29) is 48.8 Å². The third-order valence-electron chi connectivity index (χ3n) is 6.32. The minimum Gasteiger partial charge on any atom is -0.494 e. The lowest BCUT2D eigenvalue weighted by Gasteiger charge is -2.38. The molecule has 0 aliphatic carbocycles. The van der Waals surface area contributed by atoms with Gasteiger partial charge in [0.25, 0.3) is 11.8 Å². The maximum atomic E-state index is 13.2. The average molecular weight is 542 g/mol. The molecule has 0 saturated carbocycles. The van der Waals surface area contributed by atoms with Gasteiger partial charge >= 0.3 is 0 Å². The Kier molecular flexibility index (Phi) is 9.78. The van der Waals surface area contributed by atoms with Gasteiger partial charge in [-0.25, -0.2) is 4.39 Å². The molecular formula is C25H30Cl2FN3O5. The summed E-state index contributed by atoms with van der Waals surface area (Å²) in [4.78, 5) is 28.9. The van der Waals surface area contributed by atoms with Crippen LogP contribution in [0.3, 0.4) is 0 Å². The van der Waals surface area contributed by atoms with Crippen molar-refractivity contribution in [2.75, 3.05) is 51.9 Å². The van der Waals surface area contributed by atoms with Crippen molar-refractivity contribution < 1.29 is 28.2 Å². The number of carbonyl (C=O) groups excluding carboxylic acids is 2. The number of piperidine rings is 1. The highest BCUT2D eigenvalue weighted by Crippen LogP contribution is 2.37. The first-order chi connectivity index (χ1) is 16.9. The summed E-state index contributed by atoms with van der Waals surface area (Å²) in [6.45, 7) is 2.67. The lowest BCUT2D eigenvalue weighted by molar-refractivity contribution is -0.121. The zero-order chi connectivity index (χ0) is 24.9. The molecule has 0 spiro atoms. The molecular weight excluding hydrogens is 512 g/mol. The van der Waals surface area contributed by atoms with Crippen molar-refractivity contribution in [3.8, 4) is 11.5 Å². The number of hydrogen-bond donors (Lipinski definition) is 1. The lowest BCUT2D eigenvalue weighted by Crippen LogP contribution is -2.55. The van der Waals surface area contributed by atoms with Crippen molar-refractivity contribution in [2.24, 2.45) is 0 Å². The number of nitrogens with zero attached hydrogens (tertiary/aromatic N) is 2. The molecule has 4 rings (SSSR count). The molecule has 0 radical (unpaired) electrons. The van der Waals surface area contributed by atoms with Gasteiger partial charge in [-0.2, -0.15) is 0 Å². The van der Waals surface area contributed by atoms with Crippen LogP contribution in [0.4, 0.5) is 10.1 Å². The molecule has 1 fully saturated rings. The number of fused-ring (bicyclic) bond motifs is 1. The van der Waals surface area contributed by atoms with E-state index >= 15 is 0 Å². The third-order valence-corrected chi connectivity index (χ3v) is 6.54. The van der Waals surface area contributed by atoms with Gasteiger partial charge in [0.1, 0.15) is 11.6 Å². The number of likely N-dealkylation sites (tertiary alicyclic amines) is 1. The number of anilines is 1. The fraction of sp³-hybridized carbons (Fsp3) is 0.440. The van der Waals surface area contributed by atoms with Gasteiger partial charge in [-0.05, 0) is 49.2 Å². The number of methoxy groups -OCH3 is 1. The van der Waals surface area contributed by atoms with Gasteiger partial charge in [-0.3, -0.25) is 9.59 Å². The number of hydrogen-bond acceptors (Lipinski definition) is 6. The zero-order valence-corrected chi connectivity index (χ0v) is 21.7. The van der Waals surface area contributed by atoms with Crippen LogP contribution in [0.15, 0.2) is 36.4 Å². The summed E-state index contributed by atoms with van der Waals surface area (Å²) in [5, 5.41) is 3.41. The van der Waals surface area contributed by atoms with Crippen LogP contribution in [0.5, 0.6) is 11.5 Å². The van der Waals surface area contributed by atoms with Crippen molar-refractivity contribution >= 4 is 41.5 Å². The normalized spacial score (nSPS) is 19.7. The summed E-state index contributed by atoms with van der Waals surface area (Å²) in [5.74, 6) is 0.177. The first-order valence-electron chi connectivity index (χ1n) is 11.5. The molecule has 2 aromatic carbocycles. The van der Waals surface area contributed by atoms with Gasteiger partial charge in [0.2, 0.25) is 0 Å². The zero-order valence-electron chi connectivity index (χ0n) is 20.2. The molecule has 8 nitrogen and oxygen atoms in total. The van der Waals surface area contributed by atoms with E-state index < -0.39 is 0 Å². The van der Waals surface area contributed by atoms with E-state index in [1.54, 1.807) is 38.4 Å². The van der Waals surface area contributed by atoms with Crippen LogP contribution in [0.25, 0.3) is 0 Å². The van der Waals surface area contributed by atoms with Crippen molar-refractivity contribution in [2.45, 2.75) is 25.0 Å². The van der Waals surface area contributed by atoms with E-state index in [0.717, 1.165) is 19.5 Å². The highest BCUT2D eigenvalue weighted by Gasteiger charge is 2.33. The Bertz CT molecular complexity index is 1070. The minimum atomic E-state index is -0.320. The van der Waals surface area contributed by atoms with Crippen molar-refractivity contribution in [3.63, 3.8) is 0 Å². The molecule has 196 valence electrons. The number of halogens is 3. The van der Waals surface area contributed by atoms with E-state index in [1.807, 2.05) is 0 Å². The first-order valence-corrected chi connectivity index (χ1v) is 11.9. The van der Waals surface area contributed by atoms with E-state index in [4.69, 9.17) is 25.8 Å². The first kappa shape index (κ1) is 28.0. The molecule has 2 aliphatic rings. The standard InChI is InChI=1S/C25H29ClFN3O5.ClH/c1-29-21-13-16(26)12-19(24(21)35-15-23(29)31)25(32)28-20-8-10-30(14-22(20)33-2)9-3-11-34-18-6-4-17(27)5-7-18;/h4-7,12-13,20,22H,3,8-11,14-15H2,1-2H3,(H,28,32);1H. The second kappa shape index (κ2) is 12.6. The summed E-state index contributed by atoms with van der Waals surface area (Å²) in [7, 11) is 3.26. The van der Waals surface area contributed by atoms with Crippen LogP contribution < -0.4 is 19.7 Å². The maximum absolute atomic E-state index is 13.2. The van der Waals surface area contributed by atoms with Gasteiger partial charge < -0.3 is 29.3 Å². The topological polar surface area (TPSA) is 80.3 Å². The number of likely N-dealkylation sites (N-methyl/N-ethyl adjacent to an activating group) is 1. The Morgan fingerprint density at radius 1 is 1.28 bits per heavy atom. The van der Waals surface area contributed by atoms with Crippen molar-refractivity contribution in [1.29, 1.82) is 0 Å². The molecule has 0 bridgehead atoms. The van der Waals surface area contributed by atoms with E-state index in [9.17, 15) is 14.0 Å². The van der Waals surface area contributed by atoms with Crippen LogP contribution in [0.2, 0.25) is 5.02 Å². The Hall–Kier alpha value is -2.59. The van der Waals surface area contributed by atoms with Gasteiger partial charge in [0.05, 0.1) is 30.0 Å². The molecule has 0 aromatic heterocycles. The van der Waals surface area contributed by atoms with Gasteiger partial charge in [0.15, 0.2) is 12.4 Å². The molecule has 2 heterocycles. The SMILES string of the molecule is COC1CN(CCCOc2ccc(F)cc2)CCC1NC(=O)c1cc(Cl)cc2c1OCC(=O)N2C.Cl. The fourth-order valence-corrected chi connectivity index (χ4v) is 4.57. The van der Waals surface area contributed by atoms with Crippen LogP contribution in [-0.4, -0.2) is 75.9 Å². The van der Waals surface area contributed by atoms with Crippen molar-refractivity contribution in [3.05, 3.63) is 52.8 Å². The largest absolute Gasteiger partial charge is 0.494 e. The Morgan fingerprint density at radius 2 is 2.03 bits per heavy atom. The number of amides is 2. The second-order valence-corrected chi connectivity index (χ2v) is 9.08. The van der Waals surface area contributed by atoms with Gasteiger partial charge in [-0.1, -0.05) is 11.6 Å². The second-order valence-electron chi connectivity index (χ2n) is 8.64. The summed E-state index contributed by atoms with van der Waals surface area (Å²) in [5.41, 5.74) is 0.766. The Labute approximate surface area is 221 Å². The van der Waals surface area contributed by atoms with Crippen LogP contribution >= 0.6 is 24.0 Å². The Morgan fingerprint density at radius 3 is 2.75 bits per heavy atom. The smallest absolute Gasteiger partial charge is 0.264 e. The number of rotatable bonds is 8. The average Bonchev–Trinajstić information content (AvgIpc) is 2.85. The monoisotopic (exact) mass is 541 g/mol. The Balaban J connectivity index is 0.00000361. The van der Waals surface area contributed by atoms with Crippen LogP contribution in [0, 0.1) is 5.82 Å². The highest BCUT2D eigenvalue weighted by molar-refractivity contribution is 6.31. The summed E-state index contributed by atoms with van der Waals surface area (Å²) < 4.78 is 29.9. The minimum absolute atomic E-state index is 0. The van der Waals surface area contributed by atoms with Crippen LogP contribution in [-0.2, 0) is 9.53 Å². The van der Waals surface area contributed by atoms with E-state index in [2.05, 4.69) is 10.2 Å². The summed E-state index contributed by atoms with van der Waals surface area (Å²) in [6.07, 6.45) is 1.33. The van der Waals surface area contributed by atoms with Crippen LogP contribution in [0.1, 0.15) is 23.2 Å². The number of ether oxygens (including phenoxy) is 3.